The van der Waals surface area contributed by atoms with Gasteiger partial charge in [0.05, 0.1) is 47.4 Å². The summed E-state index contributed by atoms with van der Waals surface area (Å²) < 4.78 is 7.54. The van der Waals surface area contributed by atoms with Gasteiger partial charge >= 0.3 is 0 Å². The van der Waals surface area contributed by atoms with Crippen molar-refractivity contribution in [2.75, 3.05) is 37.7 Å². The second kappa shape index (κ2) is 9.93. The molecule has 6 rings (SSSR count). The van der Waals surface area contributed by atoms with E-state index in [4.69, 9.17) is 21.3 Å². The van der Waals surface area contributed by atoms with Gasteiger partial charge in [-0.15, -0.1) is 0 Å². The second-order valence-corrected chi connectivity index (χ2v) is 11.9. The minimum Gasteiger partial charge on any atom is -0.378 e. The number of benzene rings is 1. The van der Waals surface area contributed by atoms with Crippen LogP contribution >= 0.6 is 23.4 Å². The Morgan fingerprint density at radius 2 is 2.08 bits per heavy atom. The molecule has 1 aromatic carbocycles. The summed E-state index contributed by atoms with van der Waals surface area (Å²) in [4.78, 5) is 30.2. The summed E-state index contributed by atoms with van der Waals surface area (Å²) in [5.74, 6) is 1.34. The van der Waals surface area contributed by atoms with Crippen molar-refractivity contribution in [2.24, 2.45) is 11.3 Å². The molecule has 36 heavy (non-hydrogen) atoms. The van der Waals surface area contributed by atoms with E-state index in [-0.39, 0.29) is 5.56 Å². The van der Waals surface area contributed by atoms with E-state index in [1.807, 2.05) is 18.3 Å². The summed E-state index contributed by atoms with van der Waals surface area (Å²) in [5, 5.41) is 4.98. The summed E-state index contributed by atoms with van der Waals surface area (Å²) in [6, 6.07) is 3.75. The number of hydrogen-bond acceptors (Lipinski definition) is 8. The van der Waals surface area contributed by atoms with Crippen molar-refractivity contribution in [1.29, 1.82) is 0 Å². The van der Waals surface area contributed by atoms with Gasteiger partial charge in [-0.1, -0.05) is 23.4 Å². The van der Waals surface area contributed by atoms with Crippen LogP contribution in [-0.2, 0) is 11.3 Å². The first-order valence-corrected chi connectivity index (χ1v) is 13.9. The molecule has 3 aliphatic rings. The maximum atomic E-state index is 13.2. The lowest BCUT2D eigenvalue weighted by molar-refractivity contribution is 0.0976. The van der Waals surface area contributed by atoms with E-state index < -0.39 is 0 Å². The van der Waals surface area contributed by atoms with Crippen LogP contribution in [0.1, 0.15) is 32.6 Å². The smallest absolute Gasteiger partial charge is 0.262 e. The highest BCUT2D eigenvalue weighted by Gasteiger charge is 2.41. The Morgan fingerprint density at radius 1 is 1.22 bits per heavy atom. The van der Waals surface area contributed by atoms with Crippen LogP contribution < -0.4 is 15.8 Å². The minimum absolute atomic E-state index is 0.0919. The zero-order chi connectivity index (χ0) is 24.7. The van der Waals surface area contributed by atoms with Crippen molar-refractivity contribution >= 4 is 40.1 Å². The van der Waals surface area contributed by atoms with Crippen LogP contribution in [0.15, 0.2) is 45.6 Å². The van der Waals surface area contributed by atoms with Crippen LogP contribution in [-0.4, -0.2) is 58.4 Å². The topological polar surface area (TPSA) is 85.2 Å². The van der Waals surface area contributed by atoms with Crippen LogP contribution in [0.3, 0.4) is 0 Å². The molecule has 0 aliphatic carbocycles. The molecule has 3 aromatic rings. The molecule has 0 bridgehead atoms. The lowest BCUT2D eigenvalue weighted by Gasteiger charge is -2.38. The number of halogens is 1. The van der Waals surface area contributed by atoms with Gasteiger partial charge in [0.25, 0.3) is 5.56 Å². The molecule has 0 amide bonds. The van der Waals surface area contributed by atoms with Crippen LogP contribution in [0, 0.1) is 11.3 Å². The van der Waals surface area contributed by atoms with Gasteiger partial charge in [0.2, 0.25) is 0 Å². The molecular weight excluding hydrogens is 496 g/mol. The van der Waals surface area contributed by atoms with Gasteiger partial charge in [-0.25, -0.2) is 15.0 Å². The van der Waals surface area contributed by atoms with Gasteiger partial charge in [0.1, 0.15) is 10.8 Å². The third kappa shape index (κ3) is 4.74. The van der Waals surface area contributed by atoms with Gasteiger partial charge in [0, 0.05) is 24.5 Å². The number of nitrogens with one attached hydrogen (secondary N) is 1. The van der Waals surface area contributed by atoms with Crippen LogP contribution in [0.4, 0.5) is 5.82 Å². The summed E-state index contributed by atoms with van der Waals surface area (Å²) in [6.45, 7) is 7.58. The third-order valence-corrected chi connectivity index (χ3v) is 9.37. The van der Waals surface area contributed by atoms with Crippen LogP contribution in [0.2, 0.25) is 5.02 Å². The van der Waals surface area contributed by atoms with Crippen LogP contribution in [0.5, 0.6) is 0 Å². The normalized spacial score (nSPS) is 23.7. The van der Waals surface area contributed by atoms with Gasteiger partial charge < -0.3 is 15.0 Å². The predicted molar refractivity (Wildman–Crippen MR) is 142 cm³/mol. The molecule has 3 saturated heterocycles. The number of ether oxygens (including phenoxy) is 1. The van der Waals surface area contributed by atoms with Crippen molar-refractivity contribution in [3.05, 3.63) is 46.2 Å². The summed E-state index contributed by atoms with van der Waals surface area (Å²) in [5.41, 5.74) is 0.861. The van der Waals surface area contributed by atoms with Crippen molar-refractivity contribution in [1.82, 2.24) is 24.8 Å². The zero-order valence-corrected chi connectivity index (χ0v) is 22.0. The van der Waals surface area contributed by atoms with Crippen molar-refractivity contribution < 1.29 is 4.74 Å². The molecule has 0 radical (unpaired) electrons. The molecule has 3 fully saturated rings. The molecule has 3 aliphatic heterocycles. The van der Waals surface area contributed by atoms with Crippen LogP contribution in [0.25, 0.3) is 10.9 Å². The maximum Gasteiger partial charge on any atom is 0.262 e. The first-order valence-electron chi connectivity index (χ1n) is 12.7. The Morgan fingerprint density at radius 3 is 2.78 bits per heavy atom. The standard InChI is InChI=1S/C26H31ClN6O2S/c1-17-10-26(15-35-17)5-8-32(9-6-26)21-12-30-22(13-29-21)36-20-3-2-19-23(24(20)27)25(34)33(16-31-19)14-18-4-7-28-11-18/h2-3,12-13,16-18,28H,4-11,14-15H2,1H3/t17-,18?/m0/s1. The molecule has 1 N–H and O–H groups in total. The summed E-state index contributed by atoms with van der Waals surface area (Å²) >= 11 is 8.18. The highest BCUT2D eigenvalue weighted by Crippen LogP contribution is 2.42. The fourth-order valence-electron chi connectivity index (χ4n) is 5.79. The Balaban J connectivity index is 1.17. The predicted octanol–water partition coefficient (Wildman–Crippen LogP) is 4.00. The monoisotopic (exact) mass is 526 g/mol. The van der Waals surface area contributed by atoms with E-state index in [2.05, 4.69) is 27.1 Å². The highest BCUT2D eigenvalue weighted by molar-refractivity contribution is 7.99. The molecule has 190 valence electrons. The summed E-state index contributed by atoms with van der Waals surface area (Å²) in [7, 11) is 0. The summed E-state index contributed by atoms with van der Waals surface area (Å²) in [6.07, 6.45) is 10.1. The average Bonchev–Trinajstić information content (AvgIpc) is 3.53. The van der Waals surface area contributed by atoms with E-state index in [0.29, 0.717) is 39.9 Å². The van der Waals surface area contributed by atoms with E-state index >= 15 is 0 Å². The van der Waals surface area contributed by atoms with Gasteiger partial charge in [0.15, 0.2) is 0 Å². The van der Waals surface area contributed by atoms with E-state index in [0.717, 1.165) is 74.2 Å². The molecule has 0 saturated carbocycles. The van der Waals surface area contributed by atoms with E-state index in [9.17, 15) is 4.79 Å². The highest BCUT2D eigenvalue weighted by atomic mass is 35.5. The number of hydrogen-bond donors (Lipinski definition) is 1. The minimum atomic E-state index is -0.0919. The first kappa shape index (κ1) is 24.2. The number of piperidine rings is 1. The van der Waals surface area contributed by atoms with Gasteiger partial charge in [-0.2, -0.15) is 0 Å². The third-order valence-electron chi connectivity index (χ3n) is 7.88. The second-order valence-electron chi connectivity index (χ2n) is 10.5. The molecule has 5 heterocycles. The average molecular weight is 527 g/mol. The van der Waals surface area contributed by atoms with Crippen molar-refractivity contribution in [3.8, 4) is 0 Å². The van der Waals surface area contributed by atoms with Crippen molar-refractivity contribution in [2.45, 2.75) is 55.2 Å². The first-order chi connectivity index (χ1) is 17.5. The molecule has 2 atom stereocenters. The number of nitrogens with zero attached hydrogens (tertiary/aromatic N) is 5. The Labute approximate surface area is 219 Å². The molecule has 2 aromatic heterocycles. The number of rotatable bonds is 5. The molecule has 10 heteroatoms. The maximum absolute atomic E-state index is 13.2. The number of anilines is 1. The van der Waals surface area contributed by atoms with Gasteiger partial charge in [-0.3, -0.25) is 9.36 Å². The lowest BCUT2D eigenvalue weighted by atomic mass is 9.77. The molecular formula is C26H31ClN6O2S. The largest absolute Gasteiger partial charge is 0.378 e. The fourth-order valence-corrected chi connectivity index (χ4v) is 6.91. The van der Waals surface area contributed by atoms with Crippen molar-refractivity contribution in [3.63, 3.8) is 0 Å². The quantitative estimate of drug-likeness (QED) is 0.534. The Kier molecular flexibility index (Phi) is 6.66. The molecule has 1 unspecified atom stereocenters. The van der Waals surface area contributed by atoms with E-state index in [1.165, 1.54) is 11.8 Å². The fraction of sp³-hybridized carbons (Fsp3) is 0.538. The Bertz CT molecular complexity index is 1300. The zero-order valence-electron chi connectivity index (χ0n) is 20.5. The Hall–Kier alpha value is -2.20. The number of fused-ring (bicyclic) bond motifs is 1. The van der Waals surface area contributed by atoms with Gasteiger partial charge in [-0.05, 0) is 69.2 Å². The lowest BCUT2D eigenvalue weighted by Crippen LogP contribution is -2.41. The number of aromatic nitrogens is 4. The SMILES string of the molecule is C[C@H]1CC2(CCN(c3cnc(Sc4ccc5ncn(CC6CCNC6)c(=O)c5c4Cl)cn3)CC2)CO1. The molecule has 8 nitrogen and oxygen atoms in total. The molecule has 1 spiro atoms. The van der Waals surface area contributed by atoms with E-state index in [1.54, 1.807) is 17.1 Å².